The Kier molecular flexibility index (Phi) is 7.16. The van der Waals surface area contributed by atoms with Gasteiger partial charge in [0.05, 0.1) is 13.1 Å². The number of amides is 3. The largest absolute Gasteiger partial charge is 0.345 e. The maximum Gasteiger partial charge on any atom is 0.252 e. The van der Waals surface area contributed by atoms with Crippen LogP contribution in [0.5, 0.6) is 0 Å². The van der Waals surface area contributed by atoms with Gasteiger partial charge < -0.3 is 15.5 Å². The molecule has 0 saturated heterocycles. The number of nitrogens with zero attached hydrogens (tertiary/aromatic N) is 1. The van der Waals surface area contributed by atoms with Crippen LogP contribution in [0.1, 0.15) is 22.8 Å². The molecule has 0 aliphatic carbocycles. The van der Waals surface area contributed by atoms with Crippen molar-refractivity contribution in [1.29, 1.82) is 0 Å². The van der Waals surface area contributed by atoms with Gasteiger partial charge in [0.2, 0.25) is 11.8 Å². The first-order valence-electron chi connectivity index (χ1n) is 7.99. The van der Waals surface area contributed by atoms with Crippen LogP contribution in [-0.4, -0.2) is 42.3 Å². The molecular weight excluding hydrogens is 338 g/mol. The highest BCUT2D eigenvalue weighted by Gasteiger charge is 2.14. The van der Waals surface area contributed by atoms with Gasteiger partial charge in [-0.2, -0.15) is 11.3 Å². The van der Waals surface area contributed by atoms with Crippen molar-refractivity contribution in [3.63, 3.8) is 0 Å². The Balaban J connectivity index is 1.74. The second-order valence-electron chi connectivity index (χ2n) is 5.36. The summed E-state index contributed by atoms with van der Waals surface area (Å²) in [5.41, 5.74) is 1.56. The molecule has 0 unspecified atom stereocenters. The first-order valence-corrected chi connectivity index (χ1v) is 8.93. The molecule has 2 N–H and O–H groups in total. The Labute approximate surface area is 150 Å². The molecule has 0 spiro atoms. The van der Waals surface area contributed by atoms with Crippen LogP contribution in [-0.2, 0) is 16.1 Å². The Morgan fingerprint density at radius 3 is 2.44 bits per heavy atom. The molecule has 0 fully saturated rings. The van der Waals surface area contributed by atoms with E-state index in [4.69, 9.17) is 0 Å². The zero-order valence-corrected chi connectivity index (χ0v) is 14.8. The lowest BCUT2D eigenvalue weighted by Gasteiger charge is -2.21. The molecule has 2 rings (SSSR count). The van der Waals surface area contributed by atoms with Gasteiger partial charge in [-0.25, -0.2) is 0 Å². The van der Waals surface area contributed by atoms with Gasteiger partial charge in [-0.3, -0.25) is 14.4 Å². The van der Waals surface area contributed by atoms with Crippen LogP contribution in [0.4, 0.5) is 0 Å². The van der Waals surface area contributed by atoms with E-state index in [9.17, 15) is 14.4 Å². The molecule has 132 valence electrons. The van der Waals surface area contributed by atoms with E-state index >= 15 is 0 Å². The molecule has 1 heterocycles. The summed E-state index contributed by atoms with van der Waals surface area (Å²) in [4.78, 5) is 37.4. The smallest absolute Gasteiger partial charge is 0.252 e. The van der Waals surface area contributed by atoms with Crippen LogP contribution in [0.25, 0.3) is 0 Å². The Hall–Kier alpha value is -2.67. The van der Waals surface area contributed by atoms with Gasteiger partial charge in [-0.1, -0.05) is 30.3 Å². The summed E-state index contributed by atoms with van der Waals surface area (Å²) in [6.07, 6.45) is 0. The van der Waals surface area contributed by atoms with Crippen molar-refractivity contribution < 1.29 is 14.4 Å². The van der Waals surface area contributed by atoms with Crippen molar-refractivity contribution in [3.8, 4) is 0 Å². The third kappa shape index (κ3) is 6.04. The monoisotopic (exact) mass is 359 g/mol. The molecule has 0 aliphatic rings. The number of hydrogen-bond acceptors (Lipinski definition) is 4. The molecule has 0 bridgehead atoms. The van der Waals surface area contributed by atoms with Gasteiger partial charge in [0, 0.05) is 24.0 Å². The van der Waals surface area contributed by atoms with E-state index in [0.29, 0.717) is 18.7 Å². The second-order valence-corrected chi connectivity index (χ2v) is 6.14. The quantitative estimate of drug-likeness (QED) is 0.752. The highest BCUT2D eigenvalue weighted by atomic mass is 32.1. The number of benzene rings is 1. The van der Waals surface area contributed by atoms with Crippen LogP contribution in [0.3, 0.4) is 0 Å². The zero-order valence-electron chi connectivity index (χ0n) is 14.0. The van der Waals surface area contributed by atoms with Crippen LogP contribution >= 0.6 is 11.3 Å². The molecular formula is C18H21N3O3S. The van der Waals surface area contributed by atoms with E-state index in [2.05, 4.69) is 10.6 Å². The Bertz CT molecular complexity index is 702. The molecule has 6 nitrogen and oxygen atoms in total. The minimum absolute atomic E-state index is 0.0895. The molecule has 1 aromatic carbocycles. The summed E-state index contributed by atoms with van der Waals surface area (Å²) >= 11 is 1.41. The summed E-state index contributed by atoms with van der Waals surface area (Å²) < 4.78 is 0. The highest BCUT2D eigenvalue weighted by Crippen LogP contribution is 2.05. The number of nitrogens with one attached hydrogen (secondary N) is 2. The zero-order chi connectivity index (χ0) is 18.1. The maximum absolute atomic E-state index is 12.2. The molecule has 0 atom stereocenters. The number of carbonyl (C=O) groups is 3. The van der Waals surface area contributed by atoms with E-state index in [0.717, 1.165) is 5.56 Å². The number of thiophene rings is 1. The van der Waals surface area contributed by atoms with Gasteiger partial charge in [-0.15, -0.1) is 0 Å². The van der Waals surface area contributed by atoms with Crippen molar-refractivity contribution in [2.45, 2.75) is 13.5 Å². The Morgan fingerprint density at radius 2 is 1.80 bits per heavy atom. The normalized spacial score (nSPS) is 10.1. The lowest BCUT2D eigenvalue weighted by Crippen LogP contribution is -2.43. The SMILES string of the molecule is CCN(Cc1ccccc1)C(=O)CNC(=O)CNC(=O)c1ccsc1. The summed E-state index contributed by atoms with van der Waals surface area (Å²) in [5.74, 6) is -0.862. The number of rotatable bonds is 8. The second kappa shape index (κ2) is 9.58. The molecule has 0 radical (unpaired) electrons. The number of carbonyl (C=O) groups excluding carboxylic acids is 3. The summed E-state index contributed by atoms with van der Waals surface area (Å²) in [5, 5.41) is 8.56. The first kappa shape index (κ1) is 18.7. The van der Waals surface area contributed by atoms with Gasteiger partial charge in [0.15, 0.2) is 0 Å². The topological polar surface area (TPSA) is 78.5 Å². The minimum atomic E-state index is -0.396. The molecule has 25 heavy (non-hydrogen) atoms. The summed E-state index contributed by atoms with van der Waals surface area (Å²) in [6, 6.07) is 11.4. The van der Waals surface area contributed by atoms with Gasteiger partial charge in [0.1, 0.15) is 0 Å². The van der Waals surface area contributed by atoms with Crippen LogP contribution in [0.15, 0.2) is 47.2 Å². The fourth-order valence-corrected chi connectivity index (χ4v) is 2.82. The van der Waals surface area contributed by atoms with E-state index < -0.39 is 5.91 Å². The number of likely N-dealkylation sites (N-methyl/N-ethyl adjacent to an activating group) is 1. The average Bonchev–Trinajstić information content (AvgIpc) is 3.17. The molecule has 0 aliphatic heterocycles. The van der Waals surface area contributed by atoms with Gasteiger partial charge in [0.25, 0.3) is 5.91 Å². The van der Waals surface area contributed by atoms with Crippen LogP contribution in [0.2, 0.25) is 0 Å². The van der Waals surface area contributed by atoms with Gasteiger partial charge >= 0.3 is 0 Å². The maximum atomic E-state index is 12.2. The van der Waals surface area contributed by atoms with Crippen molar-refractivity contribution >= 4 is 29.1 Å². The summed E-state index contributed by atoms with van der Waals surface area (Å²) in [7, 11) is 0. The first-order chi connectivity index (χ1) is 12.1. The third-order valence-electron chi connectivity index (χ3n) is 3.58. The molecule has 3 amide bonds. The third-order valence-corrected chi connectivity index (χ3v) is 4.26. The average molecular weight is 359 g/mol. The van der Waals surface area contributed by atoms with E-state index in [1.165, 1.54) is 11.3 Å². The van der Waals surface area contributed by atoms with E-state index in [1.54, 1.807) is 21.7 Å². The van der Waals surface area contributed by atoms with E-state index in [1.807, 2.05) is 37.3 Å². The fourth-order valence-electron chi connectivity index (χ4n) is 2.18. The van der Waals surface area contributed by atoms with Crippen molar-refractivity contribution in [3.05, 3.63) is 58.3 Å². The molecule has 2 aromatic rings. The summed E-state index contributed by atoms with van der Waals surface area (Å²) in [6.45, 7) is 2.70. The lowest BCUT2D eigenvalue weighted by atomic mass is 10.2. The van der Waals surface area contributed by atoms with Crippen LogP contribution in [0, 0.1) is 0 Å². The fraction of sp³-hybridized carbons (Fsp3) is 0.278. The minimum Gasteiger partial charge on any atom is -0.345 e. The molecule has 1 aromatic heterocycles. The van der Waals surface area contributed by atoms with E-state index in [-0.39, 0.29) is 24.9 Å². The van der Waals surface area contributed by atoms with Crippen molar-refractivity contribution in [1.82, 2.24) is 15.5 Å². The van der Waals surface area contributed by atoms with Crippen molar-refractivity contribution in [2.75, 3.05) is 19.6 Å². The predicted molar refractivity (Wildman–Crippen MR) is 97.2 cm³/mol. The highest BCUT2D eigenvalue weighted by molar-refractivity contribution is 7.08. The van der Waals surface area contributed by atoms with Crippen molar-refractivity contribution in [2.24, 2.45) is 0 Å². The number of hydrogen-bond donors (Lipinski definition) is 2. The standard InChI is InChI=1S/C18H21N3O3S/c1-2-21(12-14-6-4-3-5-7-14)17(23)11-19-16(22)10-20-18(24)15-8-9-25-13-15/h3-9,13H,2,10-12H2,1H3,(H,19,22)(H,20,24). The van der Waals surface area contributed by atoms with Gasteiger partial charge in [-0.05, 0) is 23.9 Å². The predicted octanol–water partition coefficient (Wildman–Crippen LogP) is 1.64. The van der Waals surface area contributed by atoms with Crippen LogP contribution < -0.4 is 10.6 Å². The molecule has 0 saturated carbocycles. The Morgan fingerprint density at radius 1 is 1.04 bits per heavy atom. The molecule has 7 heteroatoms. The lowest BCUT2D eigenvalue weighted by molar-refractivity contribution is -0.133.